The van der Waals surface area contributed by atoms with Crippen molar-refractivity contribution in [1.29, 1.82) is 0 Å². The molecular weight excluding hydrogens is 404 g/mol. The number of benzene rings is 2. The molecular formula is C22H21ClN4O3. The fourth-order valence-electron chi connectivity index (χ4n) is 4.94. The maximum absolute atomic E-state index is 14.0. The molecule has 0 aliphatic carbocycles. The number of piperazine rings is 1. The highest BCUT2D eigenvalue weighted by atomic mass is 35.5. The van der Waals surface area contributed by atoms with Gasteiger partial charge in [0.15, 0.2) is 5.41 Å². The minimum Gasteiger partial charge on any atom is -0.364 e. The van der Waals surface area contributed by atoms with Crippen LogP contribution in [0.1, 0.15) is 5.56 Å². The van der Waals surface area contributed by atoms with Crippen LogP contribution in [0, 0.1) is 5.41 Å². The van der Waals surface area contributed by atoms with Crippen molar-refractivity contribution in [2.75, 3.05) is 36.5 Å². The third kappa shape index (κ3) is 2.58. The molecule has 0 saturated carbocycles. The summed E-state index contributed by atoms with van der Waals surface area (Å²) in [4.78, 5) is 45.4. The fourth-order valence-corrected chi connectivity index (χ4v) is 5.16. The minimum atomic E-state index is -1.42. The quantitative estimate of drug-likeness (QED) is 0.711. The van der Waals surface area contributed by atoms with Crippen LogP contribution in [-0.4, -0.2) is 55.5 Å². The number of anilines is 2. The normalized spacial score (nSPS) is 26.5. The maximum atomic E-state index is 14.0. The standard InChI is InChI=1S/C22H21ClN4O3/c1-25-10-11-26-16-8-4-2-6-14(16)12-22(18(26)13-25)19(28)24-21(30)27(20(22)29)17-9-5-3-7-15(17)23/h2-9,18H,10-13H2,1H3,(H,24,28,30)/t18-,22-/m0/s1. The predicted octanol–water partition coefficient (Wildman–Crippen LogP) is 2.29. The first-order chi connectivity index (χ1) is 14.4. The van der Waals surface area contributed by atoms with Gasteiger partial charge < -0.3 is 9.80 Å². The van der Waals surface area contributed by atoms with Crippen molar-refractivity contribution in [2.45, 2.75) is 12.5 Å². The smallest absolute Gasteiger partial charge is 0.335 e. The Labute approximate surface area is 179 Å². The van der Waals surface area contributed by atoms with Crippen LogP contribution >= 0.6 is 11.6 Å². The van der Waals surface area contributed by atoms with Crippen LogP contribution in [0.5, 0.6) is 0 Å². The summed E-state index contributed by atoms with van der Waals surface area (Å²) in [5.74, 6) is -1.07. The van der Waals surface area contributed by atoms with Crippen LogP contribution in [0.4, 0.5) is 16.2 Å². The lowest BCUT2D eigenvalue weighted by atomic mass is 9.67. The summed E-state index contributed by atoms with van der Waals surface area (Å²) in [6, 6.07) is 13.4. The van der Waals surface area contributed by atoms with Crippen LogP contribution in [-0.2, 0) is 16.0 Å². The molecule has 154 valence electrons. The second-order valence-electron chi connectivity index (χ2n) is 8.10. The average Bonchev–Trinajstić information content (AvgIpc) is 2.73. The molecule has 2 aromatic rings. The van der Waals surface area contributed by atoms with Crippen LogP contribution in [0.2, 0.25) is 5.02 Å². The lowest BCUT2D eigenvalue weighted by Crippen LogP contribution is -2.75. The van der Waals surface area contributed by atoms with Crippen LogP contribution < -0.4 is 15.1 Å². The topological polar surface area (TPSA) is 73.0 Å². The number of hydrogen-bond donors (Lipinski definition) is 1. The summed E-state index contributed by atoms with van der Waals surface area (Å²) < 4.78 is 0. The number of nitrogens with zero attached hydrogens (tertiary/aromatic N) is 3. The van der Waals surface area contributed by atoms with E-state index in [4.69, 9.17) is 11.6 Å². The molecule has 1 N–H and O–H groups in total. The number of imide groups is 2. The van der Waals surface area contributed by atoms with Gasteiger partial charge in [0.25, 0.3) is 5.91 Å². The first kappa shape index (κ1) is 19.1. The van der Waals surface area contributed by atoms with E-state index in [1.54, 1.807) is 24.3 Å². The summed E-state index contributed by atoms with van der Waals surface area (Å²) >= 11 is 6.32. The van der Waals surface area contributed by atoms with Gasteiger partial charge in [0.2, 0.25) is 5.91 Å². The van der Waals surface area contributed by atoms with Gasteiger partial charge in [-0.1, -0.05) is 41.9 Å². The summed E-state index contributed by atoms with van der Waals surface area (Å²) in [7, 11) is 1.98. The lowest BCUT2D eigenvalue weighted by molar-refractivity contribution is -0.145. The zero-order chi connectivity index (χ0) is 21.0. The molecule has 1 spiro atoms. The van der Waals surface area contributed by atoms with E-state index in [2.05, 4.69) is 15.1 Å². The van der Waals surface area contributed by atoms with E-state index in [9.17, 15) is 14.4 Å². The molecule has 3 heterocycles. The van der Waals surface area contributed by atoms with Gasteiger partial charge in [-0.05, 0) is 37.2 Å². The second-order valence-corrected chi connectivity index (χ2v) is 8.51. The van der Waals surface area contributed by atoms with Crippen LogP contribution in [0.3, 0.4) is 0 Å². The van der Waals surface area contributed by atoms with Gasteiger partial charge in [-0.2, -0.15) is 0 Å². The number of nitrogens with one attached hydrogen (secondary N) is 1. The van der Waals surface area contributed by atoms with Gasteiger partial charge in [-0.3, -0.25) is 14.9 Å². The summed E-state index contributed by atoms with van der Waals surface area (Å²) in [5, 5.41) is 2.73. The molecule has 3 aliphatic rings. The number of carbonyl (C=O) groups is 3. The van der Waals surface area contributed by atoms with Crippen molar-refractivity contribution in [3.8, 4) is 0 Å². The zero-order valence-electron chi connectivity index (χ0n) is 16.5. The molecule has 2 aromatic carbocycles. The number of para-hydroxylation sites is 2. The van der Waals surface area contributed by atoms with Crippen molar-refractivity contribution in [2.24, 2.45) is 5.41 Å². The number of likely N-dealkylation sites (N-methyl/N-ethyl adjacent to an activating group) is 1. The van der Waals surface area contributed by atoms with Gasteiger partial charge in [-0.15, -0.1) is 0 Å². The highest BCUT2D eigenvalue weighted by Gasteiger charge is 2.63. The van der Waals surface area contributed by atoms with E-state index in [0.29, 0.717) is 13.1 Å². The fraction of sp³-hybridized carbons (Fsp3) is 0.318. The highest BCUT2D eigenvalue weighted by Crippen LogP contribution is 2.46. The molecule has 2 atom stereocenters. The second kappa shape index (κ2) is 6.82. The number of rotatable bonds is 1. The Kier molecular flexibility index (Phi) is 4.34. The average molecular weight is 425 g/mol. The molecule has 0 bridgehead atoms. The van der Waals surface area contributed by atoms with E-state index in [1.807, 2.05) is 31.3 Å². The number of carbonyl (C=O) groups excluding carboxylic acids is 3. The summed E-state index contributed by atoms with van der Waals surface area (Å²) in [6.45, 7) is 2.06. The van der Waals surface area contributed by atoms with Crippen molar-refractivity contribution < 1.29 is 14.4 Å². The van der Waals surface area contributed by atoms with Gasteiger partial charge >= 0.3 is 6.03 Å². The van der Waals surface area contributed by atoms with Crippen molar-refractivity contribution in [3.63, 3.8) is 0 Å². The molecule has 5 rings (SSSR count). The summed E-state index contributed by atoms with van der Waals surface area (Å²) in [5.41, 5.74) is 0.831. The number of fused-ring (bicyclic) bond motifs is 4. The molecule has 0 aromatic heterocycles. The number of urea groups is 1. The highest BCUT2D eigenvalue weighted by molar-refractivity contribution is 6.37. The van der Waals surface area contributed by atoms with E-state index < -0.39 is 29.3 Å². The van der Waals surface area contributed by atoms with Gasteiger partial charge in [0.1, 0.15) is 0 Å². The monoisotopic (exact) mass is 424 g/mol. The third-order valence-electron chi connectivity index (χ3n) is 6.43. The Bertz CT molecular complexity index is 1070. The van der Waals surface area contributed by atoms with E-state index >= 15 is 0 Å². The first-order valence-electron chi connectivity index (χ1n) is 9.91. The van der Waals surface area contributed by atoms with Crippen molar-refractivity contribution in [1.82, 2.24) is 10.2 Å². The SMILES string of the molecule is CN1CCN2c3ccccc3C[C@@]3(C(=O)NC(=O)N(c4ccccc4Cl)C3=O)[C@@H]2C1. The molecule has 3 aliphatic heterocycles. The Morgan fingerprint density at radius 2 is 1.70 bits per heavy atom. The van der Waals surface area contributed by atoms with E-state index in [1.165, 1.54) is 0 Å². The molecule has 7 nitrogen and oxygen atoms in total. The minimum absolute atomic E-state index is 0.233. The number of amides is 4. The van der Waals surface area contributed by atoms with E-state index in [-0.39, 0.29) is 17.1 Å². The predicted molar refractivity (Wildman–Crippen MR) is 114 cm³/mol. The first-order valence-corrected chi connectivity index (χ1v) is 10.3. The molecule has 2 fully saturated rings. The molecule has 0 radical (unpaired) electrons. The molecule has 0 unspecified atom stereocenters. The number of hydrogen-bond acceptors (Lipinski definition) is 5. The third-order valence-corrected chi connectivity index (χ3v) is 6.75. The molecule has 4 amide bonds. The number of barbiturate groups is 1. The Morgan fingerprint density at radius 3 is 2.47 bits per heavy atom. The molecule has 30 heavy (non-hydrogen) atoms. The van der Waals surface area contributed by atoms with Crippen LogP contribution in [0.15, 0.2) is 48.5 Å². The van der Waals surface area contributed by atoms with Gasteiger partial charge in [0, 0.05) is 25.3 Å². The van der Waals surface area contributed by atoms with E-state index in [0.717, 1.165) is 22.7 Å². The van der Waals surface area contributed by atoms with Crippen molar-refractivity contribution >= 4 is 40.8 Å². The molecule has 2 saturated heterocycles. The lowest BCUT2D eigenvalue weighted by Gasteiger charge is -2.55. The number of halogens is 1. The Balaban J connectivity index is 1.69. The zero-order valence-corrected chi connectivity index (χ0v) is 17.2. The van der Waals surface area contributed by atoms with Crippen molar-refractivity contribution in [3.05, 3.63) is 59.1 Å². The summed E-state index contributed by atoms with van der Waals surface area (Å²) in [6.07, 6.45) is 0.233. The largest absolute Gasteiger partial charge is 0.364 e. The van der Waals surface area contributed by atoms with Gasteiger partial charge in [-0.25, -0.2) is 9.69 Å². The van der Waals surface area contributed by atoms with Gasteiger partial charge in [0.05, 0.1) is 16.8 Å². The molecule has 8 heteroatoms. The van der Waals surface area contributed by atoms with Crippen LogP contribution in [0.25, 0.3) is 0 Å². The Hall–Kier alpha value is -2.90. The maximum Gasteiger partial charge on any atom is 0.335 e. The Morgan fingerprint density at radius 1 is 1.00 bits per heavy atom.